The summed E-state index contributed by atoms with van der Waals surface area (Å²) in [5.41, 5.74) is 0. The number of hydrogen-bond donors (Lipinski definition) is 0. The number of fused-ring (bicyclic) bond motifs is 1. The molecule has 56 valence electrons. The van der Waals surface area contributed by atoms with Crippen molar-refractivity contribution in [2.24, 2.45) is 0 Å². The lowest BCUT2D eigenvalue weighted by atomic mass is 10.1. The quantitative estimate of drug-likeness (QED) is 0.560. The molecule has 2 aromatic carbocycles. The fourth-order valence-electron chi connectivity index (χ4n) is 1.13. The van der Waals surface area contributed by atoms with Gasteiger partial charge in [0.2, 0.25) is 0 Å². The molecule has 1 N–H and O–H groups in total. The Morgan fingerprint density at radius 1 is 0.545 bits per heavy atom. The van der Waals surface area contributed by atoms with Gasteiger partial charge in [-0.05, 0) is 10.8 Å². The lowest BCUT2D eigenvalue weighted by Gasteiger charge is -1.92. The van der Waals surface area contributed by atoms with Gasteiger partial charge in [-0.2, -0.15) is 0 Å². The van der Waals surface area contributed by atoms with E-state index in [4.69, 9.17) is 0 Å². The molecule has 0 aliphatic rings. The number of rotatable bonds is 0. The van der Waals surface area contributed by atoms with Gasteiger partial charge in [0.05, 0.1) is 0 Å². The fourth-order valence-corrected chi connectivity index (χ4v) is 1.13. The van der Waals surface area contributed by atoms with Crippen LogP contribution in [-0.4, -0.2) is 5.48 Å². The first-order valence-electron chi connectivity index (χ1n) is 3.40. The zero-order valence-corrected chi connectivity index (χ0v) is 6.07. The van der Waals surface area contributed by atoms with Gasteiger partial charge in [-0.3, -0.25) is 0 Å². The lowest BCUT2D eigenvalue weighted by molar-refractivity contribution is 0.824. The summed E-state index contributed by atoms with van der Waals surface area (Å²) in [6.07, 6.45) is 0. The Morgan fingerprint density at radius 2 is 0.818 bits per heavy atom. The minimum Gasteiger partial charge on any atom is -0.870 e. The van der Waals surface area contributed by atoms with E-state index in [1.807, 2.05) is 0 Å². The van der Waals surface area contributed by atoms with Crippen molar-refractivity contribution < 1.29 is 5.48 Å². The van der Waals surface area contributed by atoms with E-state index in [9.17, 15) is 0 Å². The predicted octanol–water partition coefficient (Wildman–Crippen LogP) is 2.66. The molecule has 1 nitrogen and oxygen atoms in total. The van der Waals surface area contributed by atoms with Crippen LogP contribution in [0, 0.1) is 0 Å². The molecule has 0 bridgehead atoms. The van der Waals surface area contributed by atoms with E-state index in [-0.39, 0.29) is 5.48 Å². The second kappa shape index (κ2) is 3.17. The smallest absolute Gasteiger partial charge is 0.0184 e. The van der Waals surface area contributed by atoms with Crippen LogP contribution < -0.4 is 0 Å². The first kappa shape index (κ1) is 7.76. The molecule has 2 aromatic rings. The van der Waals surface area contributed by atoms with Crippen molar-refractivity contribution in [3.8, 4) is 0 Å². The van der Waals surface area contributed by atoms with Crippen LogP contribution in [0.15, 0.2) is 48.5 Å². The highest BCUT2D eigenvalue weighted by Crippen LogP contribution is 2.11. The van der Waals surface area contributed by atoms with Crippen molar-refractivity contribution >= 4 is 10.8 Å². The van der Waals surface area contributed by atoms with Crippen LogP contribution in [-0.2, 0) is 0 Å². The van der Waals surface area contributed by atoms with Gasteiger partial charge < -0.3 is 5.48 Å². The number of hydrogen-bond acceptors (Lipinski definition) is 1. The summed E-state index contributed by atoms with van der Waals surface area (Å²) < 4.78 is 0. The van der Waals surface area contributed by atoms with Crippen LogP contribution in [0.1, 0.15) is 0 Å². The molecule has 0 aliphatic carbocycles. The normalized spacial score (nSPS) is 9.09. The van der Waals surface area contributed by atoms with E-state index >= 15 is 0 Å². The second-order valence-corrected chi connectivity index (χ2v) is 2.35. The standard InChI is InChI=1S/C10H8.H2O/c1-2-6-10-8-4-3-7-9(10)5-1;/h1-8H;1H2/p-1. The maximum atomic E-state index is 2.12. The van der Waals surface area contributed by atoms with Crippen molar-refractivity contribution in [1.82, 2.24) is 0 Å². The average Bonchev–Trinajstić information content (AvgIpc) is 2.05. The topological polar surface area (TPSA) is 30.0 Å². The van der Waals surface area contributed by atoms with Gasteiger partial charge in [0.1, 0.15) is 0 Å². The highest BCUT2D eigenvalue weighted by atomic mass is 16.0. The first-order valence-corrected chi connectivity index (χ1v) is 3.40. The number of benzene rings is 2. The zero-order valence-electron chi connectivity index (χ0n) is 6.07. The molecule has 11 heavy (non-hydrogen) atoms. The Morgan fingerprint density at radius 3 is 1.09 bits per heavy atom. The maximum Gasteiger partial charge on any atom is -0.0184 e. The van der Waals surface area contributed by atoms with Gasteiger partial charge in [-0.15, -0.1) is 0 Å². The molecule has 0 amide bonds. The molecule has 0 spiro atoms. The molecule has 0 fully saturated rings. The summed E-state index contributed by atoms with van der Waals surface area (Å²) in [6.45, 7) is 0. The Labute approximate surface area is 65.6 Å². The molecule has 1 heteroatoms. The molecule has 0 aliphatic heterocycles. The molecule has 0 aromatic heterocycles. The first-order chi connectivity index (χ1) is 4.97. The van der Waals surface area contributed by atoms with Gasteiger partial charge in [-0.25, -0.2) is 0 Å². The summed E-state index contributed by atoms with van der Waals surface area (Å²) in [6, 6.07) is 16.7. The van der Waals surface area contributed by atoms with E-state index in [0.29, 0.717) is 0 Å². The van der Waals surface area contributed by atoms with Crippen LogP contribution in [0.2, 0.25) is 0 Å². The third kappa shape index (κ3) is 1.38. The molecular weight excluding hydrogens is 136 g/mol. The SMILES string of the molecule is [OH-].c1ccc2ccccc2c1. The zero-order chi connectivity index (χ0) is 6.81. The van der Waals surface area contributed by atoms with Crippen LogP contribution in [0.5, 0.6) is 0 Å². The largest absolute Gasteiger partial charge is 0.870 e. The Bertz CT molecular complexity index is 276. The highest BCUT2D eigenvalue weighted by Gasteiger charge is 1.85. The summed E-state index contributed by atoms with van der Waals surface area (Å²) in [5.74, 6) is 0. The van der Waals surface area contributed by atoms with Crippen molar-refractivity contribution in [3.63, 3.8) is 0 Å². The minimum absolute atomic E-state index is 0. The van der Waals surface area contributed by atoms with Gasteiger partial charge in [-0.1, -0.05) is 48.5 Å². The summed E-state index contributed by atoms with van der Waals surface area (Å²) in [4.78, 5) is 0. The van der Waals surface area contributed by atoms with E-state index < -0.39 is 0 Å². The molecule has 0 unspecified atom stereocenters. The van der Waals surface area contributed by atoms with Gasteiger partial charge in [0, 0.05) is 0 Å². The highest BCUT2D eigenvalue weighted by molar-refractivity contribution is 5.81. The minimum atomic E-state index is 0. The van der Waals surface area contributed by atoms with E-state index in [1.54, 1.807) is 0 Å². The third-order valence-electron chi connectivity index (χ3n) is 1.66. The van der Waals surface area contributed by atoms with Gasteiger partial charge in [0.15, 0.2) is 0 Å². The molecule has 0 saturated carbocycles. The van der Waals surface area contributed by atoms with Crippen LogP contribution in [0.25, 0.3) is 10.8 Å². The summed E-state index contributed by atoms with van der Waals surface area (Å²) in [5, 5.41) is 2.62. The second-order valence-electron chi connectivity index (χ2n) is 2.35. The van der Waals surface area contributed by atoms with Crippen LogP contribution in [0.3, 0.4) is 0 Å². The van der Waals surface area contributed by atoms with E-state index in [2.05, 4.69) is 48.5 Å². The molecule has 0 heterocycles. The Hall–Kier alpha value is -1.34. The van der Waals surface area contributed by atoms with Crippen molar-refractivity contribution in [1.29, 1.82) is 0 Å². The molecule has 0 atom stereocenters. The average molecular weight is 145 g/mol. The lowest BCUT2D eigenvalue weighted by Crippen LogP contribution is -1.67. The predicted molar refractivity (Wildman–Crippen MR) is 45.9 cm³/mol. The van der Waals surface area contributed by atoms with Crippen molar-refractivity contribution in [3.05, 3.63) is 48.5 Å². The van der Waals surface area contributed by atoms with E-state index in [0.717, 1.165) is 0 Å². The Kier molecular flexibility index (Phi) is 2.24. The van der Waals surface area contributed by atoms with Gasteiger partial charge >= 0.3 is 0 Å². The van der Waals surface area contributed by atoms with Crippen molar-refractivity contribution in [2.75, 3.05) is 0 Å². The molecule has 0 saturated heterocycles. The molecule has 2 rings (SSSR count). The summed E-state index contributed by atoms with van der Waals surface area (Å²) >= 11 is 0. The Balaban J connectivity index is 0.000000605. The fraction of sp³-hybridized carbons (Fsp3) is 0. The van der Waals surface area contributed by atoms with E-state index in [1.165, 1.54) is 10.8 Å². The van der Waals surface area contributed by atoms with Crippen molar-refractivity contribution in [2.45, 2.75) is 0 Å². The maximum absolute atomic E-state index is 2.12. The van der Waals surface area contributed by atoms with Crippen LogP contribution >= 0.6 is 0 Å². The molecular formula is C10H9O-. The van der Waals surface area contributed by atoms with Gasteiger partial charge in [0.25, 0.3) is 0 Å². The van der Waals surface area contributed by atoms with Crippen LogP contribution in [0.4, 0.5) is 0 Å². The molecule has 0 radical (unpaired) electrons. The summed E-state index contributed by atoms with van der Waals surface area (Å²) in [7, 11) is 0. The monoisotopic (exact) mass is 145 g/mol. The third-order valence-corrected chi connectivity index (χ3v) is 1.66.